The summed E-state index contributed by atoms with van der Waals surface area (Å²) >= 11 is 0. The third-order valence-corrected chi connectivity index (χ3v) is 2.88. The highest BCUT2D eigenvalue weighted by atomic mass is 16.1. The van der Waals surface area contributed by atoms with Crippen molar-refractivity contribution in [3.63, 3.8) is 0 Å². The second kappa shape index (κ2) is 9.42. The Labute approximate surface area is 106 Å². The minimum absolute atomic E-state index is 0.0961. The lowest BCUT2D eigenvalue weighted by Gasteiger charge is -2.17. The van der Waals surface area contributed by atoms with Crippen LogP contribution in [-0.2, 0) is 4.79 Å². The fourth-order valence-corrected chi connectivity index (χ4v) is 1.35. The standard InChI is InChI=1S/C13H29N3O/c1-11(2)12(3)15-13(17)10-14-8-6-7-9-16(4)5/h11-12,14H,6-10H2,1-5H3,(H,15,17). The fourth-order valence-electron chi connectivity index (χ4n) is 1.35. The molecule has 0 aromatic rings. The van der Waals surface area contributed by atoms with Crippen LogP contribution in [0.15, 0.2) is 0 Å². The van der Waals surface area contributed by atoms with E-state index in [9.17, 15) is 4.79 Å². The van der Waals surface area contributed by atoms with Crippen molar-refractivity contribution in [3.05, 3.63) is 0 Å². The molecule has 0 spiro atoms. The molecule has 0 saturated heterocycles. The normalized spacial score (nSPS) is 13.1. The molecule has 0 aliphatic rings. The van der Waals surface area contributed by atoms with Crippen LogP contribution < -0.4 is 10.6 Å². The Morgan fingerprint density at radius 2 is 1.82 bits per heavy atom. The highest BCUT2D eigenvalue weighted by Gasteiger charge is 2.09. The lowest BCUT2D eigenvalue weighted by Crippen LogP contribution is -2.41. The smallest absolute Gasteiger partial charge is 0.234 e. The number of amides is 1. The van der Waals surface area contributed by atoms with Gasteiger partial charge in [0.15, 0.2) is 0 Å². The molecule has 102 valence electrons. The molecular formula is C13H29N3O. The van der Waals surface area contributed by atoms with Gasteiger partial charge < -0.3 is 15.5 Å². The molecule has 1 amide bonds. The third-order valence-electron chi connectivity index (χ3n) is 2.88. The molecular weight excluding hydrogens is 214 g/mol. The van der Waals surface area contributed by atoms with Gasteiger partial charge in [0.2, 0.25) is 5.91 Å². The summed E-state index contributed by atoms with van der Waals surface area (Å²) in [6, 6.07) is 0.248. The first-order valence-electron chi connectivity index (χ1n) is 6.58. The Balaban J connectivity index is 3.39. The van der Waals surface area contributed by atoms with Gasteiger partial charge in [-0.3, -0.25) is 4.79 Å². The average molecular weight is 243 g/mol. The summed E-state index contributed by atoms with van der Waals surface area (Å²) in [5, 5.41) is 6.15. The zero-order valence-corrected chi connectivity index (χ0v) is 12.0. The van der Waals surface area contributed by atoms with Crippen molar-refractivity contribution >= 4 is 5.91 Å². The van der Waals surface area contributed by atoms with Gasteiger partial charge in [-0.2, -0.15) is 0 Å². The van der Waals surface area contributed by atoms with Gasteiger partial charge in [0.1, 0.15) is 0 Å². The quantitative estimate of drug-likeness (QED) is 0.596. The van der Waals surface area contributed by atoms with E-state index < -0.39 is 0 Å². The first-order valence-corrected chi connectivity index (χ1v) is 6.58. The number of hydrogen-bond donors (Lipinski definition) is 2. The second-order valence-corrected chi connectivity index (χ2v) is 5.29. The molecule has 1 atom stereocenters. The first kappa shape index (κ1) is 16.4. The lowest BCUT2D eigenvalue weighted by molar-refractivity contribution is -0.121. The van der Waals surface area contributed by atoms with E-state index in [0.717, 1.165) is 19.5 Å². The van der Waals surface area contributed by atoms with E-state index in [-0.39, 0.29) is 11.9 Å². The molecule has 0 aromatic heterocycles. The molecule has 0 heterocycles. The highest BCUT2D eigenvalue weighted by Crippen LogP contribution is 1.98. The molecule has 0 bridgehead atoms. The van der Waals surface area contributed by atoms with Gasteiger partial charge in [0, 0.05) is 6.04 Å². The summed E-state index contributed by atoms with van der Waals surface area (Å²) in [6.07, 6.45) is 2.29. The number of carbonyl (C=O) groups excluding carboxylic acids is 1. The monoisotopic (exact) mass is 243 g/mol. The van der Waals surface area contributed by atoms with Crippen molar-refractivity contribution < 1.29 is 4.79 Å². The topological polar surface area (TPSA) is 44.4 Å². The van der Waals surface area contributed by atoms with Crippen LogP contribution in [0.1, 0.15) is 33.6 Å². The number of nitrogens with zero attached hydrogens (tertiary/aromatic N) is 1. The summed E-state index contributed by atoms with van der Waals surface area (Å²) in [7, 11) is 4.16. The van der Waals surface area contributed by atoms with Gasteiger partial charge in [-0.15, -0.1) is 0 Å². The van der Waals surface area contributed by atoms with E-state index >= 15 is 0 Å². The zero-order chi connectivity index (χ0) is 13.3. The number of rotatable bonds is 9. The fraction of sp³-hybridized carbons (Fsp3) is 0.923. The van der Waals surface area contributed by atoms with Gasteiger partial charge in [-0.05, 0) is 52.9 Å². The van der Waals surface area contributed by atoms with Crippen molar-refractivity contribution in [2.45, 2.75) is 39.7 Å². The Morgan fingerprint density at radius 3 is 2.35 bits per heavy atom. The van der Waals surface area contributed by atoms with Crippen molar-refractivity contribution in [3.8, 4) is 0 Å². The van der Waals surface area contributed by atoms with Gasteiger partial charge >= 0.3 is 0 Å². The van der Waals surface area contributed by atoms with Crippen molar-refractivity contribution in [2.75, 3.05) is 33.7 Å². The van der Waals surface area contributed by atoms with Gasteiger partial charge in [-0.1, -0.05) is 13.8 Å². The molecule has 2 N–H and O–H groups in total. The van der Waals surface area contributed by atoms with E-state index in [1.54, 1.807) is 0 Å². The third kappa shape index (κ3) is 10.3. The molecule has 17 heavy (non-hydrogen) atoms. The minimum atomic E-state index is 0.0961. The molecule has 0 fully saturated rings. The summed E-state index contributed by atoms with van der Waals surface area (Å²) in [4.78, 5) is 13.7. The molecule has 0 aliphatic carbocycles. The maximum absolute atomic E-state index is 11.5. The Hall–Kier alpha value is -0.610. The molecule has 0 rings (SSSR count). The Kier molecular flexibility index (Phi) is 9.09. The predicted octanol–water partition coefficient (Wildman–Crippen LogP) is 1.08. The molecule has 4 heteroatoms. The SMILES string of the molecule is CC(C)C(C)NC(=O)CNCCCCN(C)C. The largest absolute Gasteiger partial charge is 0.352 e. The van der Waals surface area contributed by atoms with E-state index in [1.807, 2.05) is 6.92 Å². The van der Waals surface area contributed by atoms with E-state index in [0.29, 0.717) is 12.5 Å². The predicted molar refractivity (Wildman–Crippen MR) is 73.1 cm³/mol. The van der Waals surface area contributed by atoms with Gasteiger partial charge in [-0.25, -0.2) is 0 Å². The summed E-state index contributed by atoms with van der Waals surface area (Å²) in [5.74, 6) is 0.581. The zero-order valence-electron chi connectivity index (χ0n) is 12.0. The van der Waals surface area contributed by atoms with Gasteiger partial charge in [0.25, 0.3) is 0 Å². The summed E-state index contributed by atoms with van der Waals surface area (Å²) in [5.41, 5.74) is 0. The van der Waals surface area contributed by atoms with Crippen LogP contribution in [0.4, 0.5) is 0 Å². The van der Waals surface area contributed by atoms with Crippen LogP contribution in [-0.4, -0.2) is 50.6 Å². The summed E-state index contributed by atoms with van der Waals surface area (Å²) in [6.45, 7) is 8.72. The van der Waals surface area contributed by atoms with Crippen LogP contribution in [0.3, 0.4) is 0 Å². The van der Waals surface area contributed by atoms with Crippen molar-refractivity contribution in [1.82, 2.24) is 15.5 Å². The average Bonchev–Trinajstić information content (AvgIpc) is 2.22. The Bertz CT molecular complexity index is 205. The highest BCUT2D eigenvalue weighted by molar-refractivity contribution is 5.78. The number of nitrogens with one attached hydrogen (secondary N) is 2. The summed E-state index contributed by atoms with van der Waals surface area (Å²) < 4.78 is 0. The molecule has 0 aromatic carbocycles. The van der Waals surface area contributed by atoms with Crippen molar-refractivity contribution in [1.29, 1.82) is 0 Å². The Morgan fingerprint density at radius 1 is 1.18 bits per heavy atom. The van der Waals surface area contributed by atoms with Crippen LogP contribution in [0, 0.1) is 5.92 Å². The number of carbonyl (C=O) groups is 1. The molecule has 0 radical (unpaired) electrons. The van der Waals surface area contributed by atoms with E-state index in [4.69, 9.17) is 0 Å². The van der Waals surface area contributed by atoms with Crippen LogP contribution in [0.5, 0.6) is 0 Å². The number of unbranched alkanes of at least 4 members (excludes halogenated alkanes) is 1. The van der Waals surface area contributed by atoms with Gasteiger partial charge in [0.05, 0.1) is 6.54 Å². The molecule has 4 nitrogen and oxygen atoms in total. The van der Waals surface area contributed by atoms with Crippen LogP contribution in [0.2, 0.25) is 0 Å². The minimum Gasteiger partial charge on any atom is -0.352 e. The number of hydrogen-bond acceptors (Lipinski definition) is 3. The maximum Gasteiger partial charge on any atom is 0.234 e. The van der Waals surface area contributed by atoms with E-state index in [1.165, 1.54) is 6.42 Å². The first-order chi connectivity index (χ1) is 7.93. The van der Waals surface area contributed by atoms with Crippen LogP contribution in [0.25, 0.3) is 0 Å². The molecule has 0 aliphatic heterocycles. The lowest BCUT2D eigenvalue weighted by atomic mass is 10.1. The van der Waals surface area contributed by atoms with Crippen LogP contribution >= 0.6 is 0 Å². The van der Waals surface area contributed by atoms with Crippen molar-refractivity contribution in [2.24, 2.45) is 5.92 Å². The second-order valence-electron chi connectivity index (χ2n) is 5.29. The van der Waals surface area contributed by atoms with E-state index in [2.05, 4.69) is 43.5 Å². The molecule has 0 saturated carbocycles. The molecule has 1 unspecified atom stereocenters. The maximum atomic E-state index is 11.5.